The molecule has 0 bridgehead atoms. The van der Waals surface area contributed by atoms with Gasteiger partial charge < -0.3 is 10.3 Å². The molecule has 0 fully saturated rings. The molecule has 0 aliphatic heterocycles. The second kappa shape index (κ2) is 5.23. The van der Waals surface area contributed by atoms with Crippen molar-refractivity contribution >= 4 is 26.8 Å². The molecule has 0 atom stereocenters. The topological polar surface area (TPSA) is 30.9 Å². The summed E-state index contributed by atoms with van der Waals surface area (Å²) < 4.78 is 3.51. The Labute approximate surface area is 111 Å². The van der Waals surface area contributed by atoms with E-state index in [1.54, 1.807) is 0 Å². The number of hydrogen-bond acceptors (Lipinski definition) is 1. The van der Waals surface area contributed by atoms with Crippen LogP contribution in [0.1, 0.15) is 19.4 Å². The third-order valence-electron chi connectivity index (χ3n) is 2.91. The fourth-order valence-electron chi connectivity index (χ4n) is 2.28. The van der Waals surface area contributed by atoms with Gasteiger partial charge in [-0.15, -0.1) is 0 Å². The van der Waals surface area contributed by atoms with Crippen molar-refractivity contribution in [3.05, 3.63) is 34.4 Å². The molecule has 2 N–H and O–H groups in total. The Morgan fingerprint density at radius 3 is 2.76 bits per heavy atom. The van der Waals surface area contributed by atoms with Crippen molar-refractivity contribution in [2.45, 2.75) is 26.8 Å². The molecule has 1 aromatic heterocycles. The molecule has 0 aliphatic carbocycles. The molecule has 17 heavy (non-hydrogen) atoms. The van der Waals surface area contributed by atoms with Crippen LogP contribution >= 0.6 is 15.9 Å². The molecule has 0 radical (unpaired) electrons. The van der Waals surface area contributed by atoms with Gasteiger partial charge in [0.05, 0.1) is 5.52 Å². The van der Waals surface area contributed by atoms with Crippen LogP contribution in [0.3, 0.4) is 0 Å². The highest BCUT2D eigenvalue weighted by molar-refractivity contribution is 9.10. The van der Waals surface area contributed by atoms with Gasteiger partial charge in [-0.25, -0.2) is 0 Å². The Kier molecular flexibility index (Phi) is 3.89. The molecular formula is C14H19BrN2. The lowest BCUT2D eigenvalue weighted by Gasteiger charge is -2.09. The van der Waals surface area contributed by atoms with Gasteiger partial charge in [-0.1, -0.05) is 26.0 Å². The van der Waals surface area contributed by atoms with Crippen LogP contribution < -0.4 is 5.73 Å². The van der Waals surface area contributed by atoms with Gasteiger partial charge in [-0.2, -0.15) is 0 Å². The predicted molar refractivity (Wildman–Crippen MR) is 77.2 cm³/mol. The first-order valence-corrected chi connectivity index (χ1v) is 6.89. The lowest BCUT2D eigenvalue weighted by Crippen LogP contribution is -2.04. The van der Waals surface area contributed by atoms with Gasteiger partial charge in [-0.3, -0.25) is 0 Å². The largest absolute Gasteiger partial charge is 0.346 e. The van der Waals surface area contributed by atoms with Crippen LogP contribution in [-0.4, -0.2) is 11.1 Å². The molecule has 0 saturated carbocycles. The van der Waals surface area contributed by atoms with Crippen molar-refractivity contribution in [2.75, 3.05) is 6.54 Å². The molecule has 1 aromatic carbocycles. The molecule has 2 rings (SSSR count). The Hall–Kier alpha value is -0.800. The van der Waals surface area contributed by atoms with Crippen molar-refractivity contribution in [3.63, 3.8) is 0 Å². The maximum absolute atomic E-state index is 5.68. The van der Waals surface area contributed by atoms with Crippen molar-refractivity contribution in [1.29, 1.82) is 0 Å². The van der Waals surface area contributed by atoms with E-state index in [-0.39, 0.29) is 0 Å². The summed E-state index contributed by atoms with van der Waals surface area (Å²) in [5.74, 6) is 0.642. The average molecular weight is 295 g/mol. The van der Waals surface area contributed by atoms with Crippen molar-refractivity contribution in [2.24, 2.45) is 11.7 Å². The number of para-hydroxylation sites is 1. The maximum Gasteiger partial charge on any atom is 0.0627 e. The Morgan fingerprint density at radius 2 is 2.12 bits per heavy atom. The third-order valence-corrected chi connectivity index (χ3v) is 3.55. The van der Waals surface area contributed by atoms with Crippen LogP contribution in [0.2, 0.25) is 0 Å². The van der Waals surface area contributed by atoms with E-state index >= 15 is 0 Å². The summed E-state index contributed by atoms with van der Waals surface area (Å²) in [7, 11) is 0. The van der Waals surface area contributed by atoms with E-state index in [1.807, 2.05) is 0 Å². The second-order valence-corrected chi connectivity index (χ2v) is 5.73. The lowest BCUT2D eigenvalue weighted by atomic mass is 10.1. The summed E-state index contributed by atoms with van der Waals surface area (Å²) in [6, 6.07) is 6.37. The fourth-order valence-corrected chi connectivity index (χ4v) is 2.87. The van der Waals surface area contributed by atoms with Gasteiger partial charge in [0.1, 0.15) is 0 Å². The molecule has 0 aliphatic rings. The van der Waals surface area contributed by atoms with Crippen LogP contribution in [0, 0.1) is 5.92 Å². The zero-order valence-corrected chi connectivity index (χ0v) is 12.0. The number of nitrogens with two attached hydrogens (primary N) is 1. The van der Waals surface area contributed by atoms with Crippen LogP contribution in [0.4, 0.5) is 0 Å². The van der Waals surface area contributed by atoms with Crippen LogP contribution in [-0.2, 0) is 13.0 Å². The predicted octanol–water partition coefficient (Wildman–Crippen LogP) is 3.56. The van der Waals surface area contributed by atoms with E-state index < -0.39 is 0 Å². The zero-order chi connectivity index (χ0) is 12.4. The monoisotopic (exact) mass is 294 g/mol. The van der Waals surface area contributed by atoms with Gasteiger partial charge in [-0.05, 0) is 46.4 Å². The van der Waals surface area contributed by atoms with Crippen LogP contribution in [0.25, 0.3) is 10.9 Å². The van der Waals surface area contributed by atoms with E-state index in [0.29, 0.717) is 12.5 Å². The van der Waals surface area contributed by atoms with Crippen LogP contribution in [0.5, 0.6) is 0 Å². The second-order valence-electron chi connectivity index (χ2n) is 4.88. The molecule has 2 nitrogen and oxygen atoms in total. The standard InChI is InChI=1S/C14H19BrN2/c1-10(2)8-17-9-11(6-7-16)12-4-3-5-13(15)14(12)17/h3-5,9-10H,6-8,16H2,1-2H3. The van der Waals surface area contributed by atoms with Gasteiger partial charge in [0.2, 0.25) is 0 Å². The van der Waals surface area contributed by atoms with Gasteiger partial charge >= 0.3 is 0 Å². The molecular weight excluding hydrogens is 276 g/mol. The summed E-state index contributed by atoms with van der Waals surface area (Å²) >= 11 is 3.65. The first-order chi connectivity index (χ1) is 8.13. The molecule has 1 heterocycles. The Bertz CT molecular complexity index is 514. The summed E-state index contributed by atoms with van der Waals surface area (Å²) in [6.07, 6.45) is 3.19. The van der Waals surface area contributed by atoms with E-state index in [9.17, 15) is 0 Å². The molecule has 3 heteroatoms. The first kappa shape index (κ1) is 12.7. The minimum atomic E-state index is 0.642. The minimum absolute atomic E-state index is 0.642. The third kappa shape index (κ3) is 2.55. The van der Waals surface area contributed by atoms with Crippen LogP contribution in [0.15, 0.2) is 28.9 Å². The summed E-state index contributed by atoms with van der Waals surface area (Å²) in [5.41, 5.74) is 8.33. The van der Waals surface area contributed by atoms with E-state index in [0.717, 1.165) is 13.0 Å². The van der Waals surface area contributed by atoms with E-state index in [1.165, 1.54) is 20.9 Å². The molecule has 0 unspecified atom stereocenters. The fraction of sp³-hybridized carbons (Fsp3) is 0.429. The summed E-state index contributed by atoms with van der Waals surface area (Å²) in [4.78, 5) is 0. The molecule has 0 amide bonds. The van der Waals surface area contributed by atoms with Gasteiger partial charge in [0.15, 0.2) is 0 Å². The highest BCUT2D eigenvalue weighted by Crippen LogP contribution is 2.29. The number of hydrogen-bond donors (Lipinski definition) is 1. The normalized spacial score (nSPS) is 11.6. The number of benzene rings is 1. The average Bonchev–Trinajstić information content (AvgIpc) is 2.58. The highest BCUT2D eigenvalue weighted by atomic mass is 79.9. The zero-order valence-electron chi connectivity index (χ0n) is 10.4. The summed E-state index contributed by atoms with van der Waals surface area (Å²) in [5, 5.41) is 1.32. The lowest BCUT2D eigenvalue weighted by molar-refractivity contribution is 0.534. The number of nitrogens with zero attached hydrogens (tertiary/aromatic N) is 1. The minimum Gasteiger partial charge on any atom is -0.346 e. The van der Waals surface area contributed by atoms with E-state index in [2.05, 4.69) is 58.7 Å². The summed E-state index contributed by atoms with van der Waals surface area (Å²) in [6.45, 7) is 6.23. The Morgan fingerprint density at radius 1 is 1.35 bits per heavy atom. The molecule has 2 aromatic rings. The molecule has 0 spiro atoms. The Balaban J connectivity index is 2.58. The van der Waals surface area contributed by atoms with Crippen molar-refractivity contribution < 1.29 is 0 Å². The smallest absolute Gasteiger partial charge is 0.0627 e. The quantitative estimate of drug-likeness (QED) is 0.918. The number of rotatable bonds is 4. The first-order valence-electron chi connectivity index (χ1n) is 6.09. The highest BCUT2D eigenvalue weighted by Gasteiger charge is 2.11. The van der Waals surface area contributed by atoms with Crippen molar-refractivity contribution in [1.82, 2.24) is 4.57 Å². The number of fused-ring (bicyclic) bond motifs is 1. The SMILES string of the molecule is CC(C)Cn1cc(CCN)c2cccc(Br)c21. The van der Waals surface area contributed by atoms with Crippen molar-refractivity contribution in [3.8, 4) is 0 Å². The number of halogens is 1. The van der Waals surface area contributed by atoms with Gasteiger partial charge in [0, 0.05) is 22.6 Å². The number of aromatic nitrogens is 1. The molecule has 0 saturated heterocycles. The molecule has 92 valence electrons. The maximum atomic E-state index is 5.68. The van der Waals surface area contributed by atoms with E-state index in [4.69, 9.17) is 5.73 Å². The van der Waals surface area contributed by atoms with Gasteiger partial charge in [0.25, 0.3) is 0 Å².